The fraction of sp³-hybridized carbons (Fsp3) is 0.222. The zero-order valence-corrected chi connectivity index (χ0v) is 8.97. The van der Waals surface area contributed by atoms with Crippen LogP contribution in [0.5, 0.6) is 5.75 Å². The summed E-state index contributed by atoms with van der Waals surface area (Å²) in [7, 11) is 1.26. The van der Waals surface area contributed by atoms with Crippen LogP contribution in [0.3, 0.4) is 0 Å². The molecule has 0 aromatic heterocycles. The van der Waals surface area contributed by atoms with E-state index in [0.29, 0.717) is 5.56 Å². The fourth-order valence-corrected chi connectivity index (χ4v) is 1.41. The maximum atomic E-state index is 12.8. The topological polar surface area (TPSA) is 46.5 Å². The van der Waals surface area contributed by atoms with Crippen LogP contribution in [0.15, 0.2) is 16.6 Å². The quantitative estimate of drug-likeness (QED) is 0.830. The largest absolute Gasteiger partial charge is 0.504 e. The number of hydrogen-bond acceptors (Lipinski definition) is 3. The Kier molecular flexibility index (Phi) is 3.46. The Labute approximate surface area is 88.6 Å². The van der Waals surface area contributed by atoms with Crippen LogP contribution in [0, 0.1) is 5.82 Å². The van der Waals surface area contributed by atoms with Crippen molar-refractivity contribution in [2.75, 3.05) is 7.11 Å². The molecule has 0 fully saturated rings. The molecule has 0 aliphatic rings. The van der Waals surface area contributed by atoms with Crippen molar-refractivity contribution in [1.29, 1.82) is 0 Å². The first-order chi connectivity index (χ1) is 6.56. The third-order valence-corrected chi connectivity index (χ3v) is 2.59. The van der Waals surface area contributed by atoms with Crippen molar-refractivity contribution in [1.82, 2.24) is 0 Å². The summed E-state index contributed by atoms with van der Waals surface area (Å²) in [6.45, 7) is 0. The van der Waals surface area contributed by atoms with E-state index in [2.05, 4.69) is 20.7 Å². The molecule has 14 heavy (non-hydrogen) atoms. The molecule has 0 saturated carbocycles. The molecule has 0 amide bonds. The standard InChI is InChI=1S/C9H8BrFO3/c1-14-7(12)4-5-2-3-6(11)9(13)8(5)10/h2-3,13H,4H2,1H3. The molecule has 0 spiro atoms. The molecule has 76 valence electrons. The van der Waals surface area contributed by atoms with Gasteiger partial charge in [0.15, 0.2) is 11.6 Å². The number of carbonyl (C=O) groups is 1. The van der Waals surface area contributed by atoms with Crippen LogP contribution in [-0.4, -0.2) is 18.2 Å². The second-order valence-corrected chi connectivity index (χ2v) is 3.42. The number of halogens is 2. The number of carbonyl (C=O) groups excluding carboxylic acids is 1. The van der Waals surface area contributed by atoms with Crippen molar-refractivity contribution in [3.05, 3.63) is 28.0 Å². The fourth-order valence-electron chi connectivity index (χ4n) is 0.947. The average Bonchev–Trinajstić information content (AvgIpc) is 2.19. The molecule has 0 bridgehead atoms. The molecule has 1 aromatic rings. The molecule has 1 aromatic carbocycles. The van der Waals surface area contributed by atoms with Crippen molar-refractivity contribution >= 4 is 21.9 Å². The van der Waals surface area contributed by atoms with Gasteiger partial charge in [-0.25, -0.2) is 4.39 Å². The minimum absolute atomic E-state index is 0.00900. The highest BCUT2D eigenvalue weighted by molar-refractivity contribution is 9.10. The summed E-state index contributed by atoms with van der Waals surface area (Å²) in [6, 6.07) is 2.51. The number of phenolic OH excluding ortho intramolecular Hbond substituents is 1. The van der Waals surface area contributed by atoms with E-state index in [4.69, 9.17) is 0 Å². The molecule has 0 atom stereocenters. The highest BCUT2D eigenvalue weighted by atomic mass is 79.9. The van der Waals surface area contributed by atoms with Crippen LogP contribution < -0.4 is 0 Å². The molecule has 0 unspecified atom stereocenters. The van der Waals surface area contributed by atoms with E-state index in [9.17, 15) is 14.3 Å². The first-order valence-corrected chi connectivity index (χ1v) is 4.58. The van der Waals surface area contributed by atoms with Crippen LogP contribution in [0.4, 0.5) is 4.39 Å². The van der Waals surface area contributed by atoms with Gasteiger partial charge in [-0.3, -0.25) is 4.79 Å². The highest BCUT2D eigenvalue weighted by Crippen LogP contribution is 2.30. The lowest BCUT2D eigenvalue weighted by atomic mass is 10.1. The van der Waals surface area contributed by atoms with Crippen LogP contribution in [-0.2, 0) is 16.0 Å². The third-order valence-electron chi connectivity index (χ3n) is 1.71. The number of esters is 1. The number of phenols is 1. The van der Waals surface area contributed by atoms with Crippen molar-refractivity contribution in [2.45, 2.75) is 6.42 Å². The smallest absolute Gasteiger partial charge is 0.310 e. The molecule has 0 heterocycles. The average molecular weight is 263 g/mol. The summed E-state index contributed by atoms with van der Waals surface area (Å²) in [5, 5.41) is 9.20. The van der Waals surface area contributed by atoms with Gasteiger partial charge in [0.25, 0.3) is 0 Å². The summed E-state index contributed by atoms with van der Waals surface area (Å²) in [4.78, 5) is 10.9. The van der Waals surface area contributed by atoms with E-state index in [1.165, 1.54) is 13.2 Å². The number of aromatic hydroxyl groups is 1. The summed E-state index contributed by atoms with van der Waals surface area (Å²) < 4.78 is 17.4. The molecule has 3 nitrogen and oxygen atoms in total. The van der Waals surface area contributed by atoms with E-state index < -0.39 is 17.5 Å². The molecule has 0 aliphatic heterocycles. The van der Waals surface area contributed by atoms with Gasteiger partial charge in [0, 0.05) is 0 Å². The van der Waals surface area contributed by atoms with E-state index in [1.54, 1.807) is 0 Å². The zero-order valence-electron chi connectivity index (χ0n) is 7.38. The van der Waals surface area contributed by atoms with Crippen LogP contribution in [0.1, 0.15) is 5.56 Å². The summed E-state index contributed by atoms with van der Waals surface area (Å²) >= 11 is 2.99. The SMILES string of the molecule is COC(=O)Cc1ccc(F)c(O)c1Br. The predicted octanol–water partition coefficient (Wildman–Crippen LogP) is 2.01. The molecule has 0 radical (unpaired) electrons. The van der Waals surface area contributed by atoms with Gasteiger partial charge in [-0.05, 0) is 27.6 Å². The van der Waals surface area contributed by atoms with Crippen molar-refractivity contribution in [3.63, 3.8) is 0 Å². The Morgan fingerprint density at radius 2 is 2.29 bits per heavy atom. The Balaban J connectivity index is 3.00. The zero-order chi connectivity index (χ0) is 10.7. The Bertz CT molecular complexity index is 365. The lowest BCUT2D eigenvalue weighted by Crippen LogP contribution is -2.05. The van der Waals surface area contributed by atoms with Crippen molar-refractivity contribution in [3.8, 4) is 5.75 Å². The predicted molar refractivity (Wildman–Crippen MR) is 51.5 cm³/mol. The van der Waals surface area contributed by atoms with E-state index in [1.807, 2.05) is 0 Å². The maximum Gasteiger partial charge on any atom is 0.310 e. The molecule has 1 rings (SSSR count). The van der Waals surface area contributed by atoms with Crippen LogP contribution >= 0.6 is 15.9 Å². The Morgan fingerprint density at radius 3 is 2.86 bits per heavy atom. The molecule has 0 saturated heterocycles. The van der Waals surface area contributed by atoms with Crippen LogP contribution in [0.2, 0.25) is 0 Å². The number of ether oxygens (including phenoxy) is 1. The lowest BCUT2D eigenvalue weighted by molar-refractivity contribution is -0.139. The van der Waals surface area contributed by atoms with Gasteiger partial charge in [-0.15, -0.1) is 0 Å². The number of rotatable bonds is 2. The second-order valence-electron chi connectivity index (χ2n) is 2.62. The minimum Gasteiger partial charge on any atom is -0.504 e. The molecular formula is C9H8BrFO3. The van der Waals surface area contributed by atoms with E-state index in [0.717, 1.165) is 6.07 Å². The third kappa shape index (κ3) is 2.23. The van der Waals surface area contributed by atoms with Crippen molar-refractivity contribution < 1.29 is 19.0 Å². The normalized spacial score (nSPS) is 9.93. The van der Waals surface area contributed by atoms with Gasteiger partial charge >= 0.3 is 5.97 Å². The summed E-state index contributed by atoms with van der Waals surface area (Å²) in [5.74, 6) is -1.67. The number of hydrogen-bond donors (Lipinski definition) is 1. The van der Waals surface area contributed by atoms with Gasteiger partial charge in [0.2, 0.25) is 0 Å². The van der Waals surface area contributed by atoms with Gasteiger partial charge in [0.1, 0.15) is 0 Å². The van der Waals surface area contributed by atoms with Gasteiger partial charge in [-0.1, -0.05) is 6.07 Å². The maximum absolute atomic E-state index is 12.8. The first-order valence-electron chi connectivity index (χ1n) is 3.79. The van der Waals surface area contributed by atoms with Gasteiger partial charge < -0.3 is 9.84 Å². The summed E-state index contributed by atoms with van der Waals surface area (Å²) in [5.41, 5.74) is 0.482. The number of benzene rings is 1. The molecule has 0 aliphatic carbocycles. The first kappa shape index (κ1) is 11.0. The lowest BCUT2D eigenvalue weighted by Gasteiger charge is -2.05. The molecule has 1 N–H and O–H groups in total. The Morgan fingerprint density at radius 1 is 1.64 bits per heavy atom. The number of methoxy groups -OCH3 is 1. The highest BCUT2D eigenvalue weighted by Gasteiger charge is 2.12. The molecule has 5 heteroatoms. The van der Waals surface area contributed by atoms with E-state index in [-0.39, 0.29) is 10.9 Å². The van der Waals surface area contributed by atoms with Gasteiger partial charge in [0.05, 0.1) is 18.0 Å². The molecular weight excluding hydrogens is 255 g/mol. The monoisotopic (exact) mass is 262 g/mol. The van der Waals surface area contributed by atoms with Crippen molar-refractivity contribution in [2.24, 2.45) is 0 Å². The Hall–Kier alpha value is -1.10. The van der Waals surface area contributed by atoms with Crippen LogP contribution in [0.25, 0.3) is 0 Å². The van der Waals surface area contributed by atoms with E-state index >= 15 is 0 Å². The minimum atomic E-state index is -0.731. The van der Waals surface area contributed by atoms with Gasteiger partial charge in [-0.2, -0.15) is 0 Å². The summed E-state index contributed by atoms with van der Waals surface area (Å²) in [6.07, 6.45) is -0.00900. The second kappa shape index (κ2) is 4.41.